The third-order valence-corrected chi connectivity index (χ3v) is 5.51. The lowest BCUT2D eigenvalue weighted by molar-refractivity contribution is 0.0946. The highest BCUT2D eigenvalue weighted by atomic mass is 35.5. The fraction of sp³-hybridized carbons (Fsp3) is 0.261. The second-order valence-electron chi connectivity index (χ2n) is 7.32. The molecular weight excluding hydrogens is 421 g/mol. The Morgan fingerprint density at radius 3 is 2.80 bits per heavy atom. The van der Waals surface area contributed by atoms with Gasteiger partial charge in [-0.2, -0.15) is 0 Å². The number of halogens is 2. The van der Waals surface area contributed by atoms with Gasteiger partial charge >= 0.3 is 0 Å². The van der Waals surface area contributed by atoms with Crippen LogP contribution in [-0.2, 0) is 6.42 Å². The summed E-state index contributed by atoms with van der Waals surface area (Å²) in [5.74, 6) is 1.80. The number of rotatable bonds is 7. The molecule has 7 heteroatoms. The van der Waals surface area contributed by atoms with Crippen molar-refractivity contribution in [1.82, 2.24) is 15.3 Å². The van der Waals surface area contributed by atoms with Gasteiger partial charge < -0.3 is 10.1 Å². The van der Waals surface area contributed by atoms with Crippen molar-refractivity contribution < 1.29 is 9.53 Å². The summed E-state index contributed by atoms with van der Waals surface area (Å²) in [6.45, 7) is 2.14. The van der Waals surface area contributed by atoms with Crippen molar-refractivity contribution in [2.45, 2.75) is 32.1 Å². The molecule has 154 valence electrons. The van der Waals surface area contributed by atoms with Gasteiger partial charge in [-0.3, -0.25) is 4.79 Å². The normalized spacial score (nSPS) is 13.2. The van der Waals surface area contributed by atoms with Crippen LogP contribution in [0.5, 0.6) is 11.5 Å². The predicted molar refractivity (Wildman–Crippen MR) is 118 cm³/mol. The molecule has 0 saturated heterocycles. The first-order chi connectivity index (χ1) is 14.5. The minimum absolute atomic E-state index is 0.210. The van der Waals surface area contributed by atoms with E-state index in [0.717, 1.165) is 5.56 Å². The Bertz CT molecular complexity index is 1080. The van der Waals surface area contributed by atoms with Gasteiger partial charge in [-0.15, -0.1) is 0 Å². The van der Waals surface area contributed by atoms with Crippen molar-refractivity contribution in [3.05, 3.63) is 81.4 Å². The molecule has 1 aromatic heterocycles. The third kappa shape index (κ3) is 5.10. The van der Waals surface area contributed by atoms with E-state index in [9.17, 15) is 4.79 Å². The van der Waals surface area contributed by atoms with Gasteiger partial charge in [-0.25, -0.2) is 9.97 Å². The lowest BCUT2D eigenvalue weighted by Crippen LogP contribution is -2.27. The van der Waals surface area contributed by atoms with Crippen molar-refractivity contribution >= 4 is 29.1 Å². The fourth-order valence-corrected chi connectivity index (χ4v) is 3.69. The molecule has 0 atom stereocenters. The Labute approximate surface area is 185 Å². The first-order valence-electron chi connectivity index (χ1n) is 9.83. The maximum absolute atomic E-state index is 12.8. The van der Waals surface area contributed by atoms with E-state index in [1.54, 1.807) is 19.1 Å². The molecule has 2 aromatic carbocycles. The summed E-state index contributed by atoms with van der Waals surface area (Å²) in [5, 5.41) is 4.04. The summed E-state index contributed by atoms with van der Waals surface area (Å²) < 4.78 is 5.98. The lowest BCUT2D eigenvalue weighted by atomic mass is 10.1. The lowest BCUT2D eigenvalue weighted by Gasteiger charge is -2.12. The molecule has 0 unspecified atom stereocenters. The third-order valence-electron chi connectivity index (χ3n) is 4.92. The highest BCUT2D eigenvalue weighted by Crippen LogP contribution is 2.41. The number of benzene rings is 2. The van der Waals surface area contributed by atoms with Crippen LogP contribution in [-0.4, -0.2) is 22.4 Å². The van der Waals surface area contributed by atoms with Crippen LogP contribution in [0.4, 0.5) is 0 Å². The van der Waals surface area contributed by atoms with Crippen molar-refractivity contribution in [3.8, 4) is 11.5 Å². The number of nitrogens with one attached hydrogen (secondary N) is 1. The number of hydrogen-bond acceptors (Lipinski definition) is 4. The molecule has 30 heavy (non-hydrogen) atoms. The Morgan fingerprint density at radius 1 is 1.20 bits per heavy atom. The predicted octanol–water partition coefficient (Wildman–Crippen LogP) is 5.73. The van der Waals surface area contributed by atoms with Gasteiger partial charge in [0, 0.05) is 16.6 Å². The molecule has 5 nitrogen and oxygen atoms in total. The van der Waals surface area contributed by atoms with E-state index < -0.39 is 0 Å². The summed E-state index contributed by atoms with van der Waals surface area (Å²) in [4.78, 5) is 21.3. The molecule has 1 fully saturated rings. The number of ether oxygens (including phenoxy) is 1. The zero-order valence-corrected chi connectivity index (χ0v) is 18.0. The molecule has 0 aliphatic heterocycles. The second-order valence-corrected chi connectivity index (χ2v) is 8.16. The fourth-order valence-electron chi connectivity index (χ4n) is 3.19. The van der Waals surface area contributed by atoms with Crippen molar-refractivity contribution in [3.63, 3.8) is 0 Å². The van der Waals surface area contributed by atoms with Gasteiger partial charge in [-0.1, -0.05) is 41.4 Å². The highest BCUT2D eigenvalue weighted by Gasteiger charge is 2.24. The first kappa shape index (κ1) is 20.6. The minimum Gasteiger partial charge on any atom is -0.453 e. The van der Waals surface area contributed by atoms with Crippen molar-refractivity contribution in [2.75, 3.05) is 6.54 Å². The molecule has 4 rings (SSSR count). The average molecular weight is 442 g/mol. The number of aromatic nitrogens is 2. The molecule has 1 saturated carbocycles. The van der Waals surface area contributed by atoms with Gasteiger partial charge in [0.15, 0.2) is 11.4 Å². The molecule has 0 spiro atoms. The molecule has 3 aromatic rings. The van der Waals surface area contributed by atoms with Gasteiger partial charge in [-0.05, 0) is 67.5 Å². The second kappa shape index (κ2) is 9.02. The molecule has 1 heterocycles. The monoisotopic (exact) mass is 441 g/mol. The van der Waals surface area contributed by atoms with Gasteiger partial charge in [0.1, 0.15) is 11.6 Å². The number of nitrogens with zero attached hydrogens (tertiary/aromatic N) is 2. The Balaban J connectivity index is 1.45. The van der Waals surface area contributed by atoms with Crippen LogP contribution < -0.4 is 10.1 Å². The van der Waals surface area contributed by atoms with Crippen LogP contribution in [0.3, 0.4) is 0 Å². The summed E-state index contributed by atoms with van der Waals surface area (Å²) in [7, 11) is 0. The van der Waals surface area contributed by atoms with Gasteiger partial charge in [0.2, 0.25) is 0 Å². The molecule has 1 N–H and O–H groups in total. The van der Waals surface area contributed by atoms with Crippen LogP contribution in [0.25, 0.3) is 0 Å². The maximum atomic E-state index is 12.8. The molecule has 0 radical (unpaired) electrons. The summed E-state index contributed by atoms with van der Waals surface area (Å²) >= 11 is 12.1. The highest BCUT2D eigenvalue weighted by molar-refractivity contribution is 6.35. The van der Waals surface area contributed by atoms with E-state index in [1.165, 1.54) is 24.6 Å². The smallest absolute Gasteiger partial charge is 0.273 e. The Kier molecular flexibility index (Phi) is 6.21. The largest absolute Gasteiger partial charge is 0.453 e. The van der Waals surface area contributed by atoms with E-state index in [4.69, 9.17) is 27.9 Å². The van der Waals surface area contributed by atoms with E-state index in [2.05, 4.69) is 21.4 Å². The summed E-state index contributed by atoms with van der Waals surface area (Å²) in [6, 6.07) is 13.3. The van der Waals surface area contributed by atoms with E-state index in [0.29, 0.717) is 46.3 Å². The number of amides is 1. The van der Waals surface area contributed by atoms with Gasteiger partial charge in [0.25, 0.3) is 5.91 Å². The molecule has 1 amide bonds. The quantitative estimate of drug-likeness (QED) is 0.507. The van der Waals surface area contributed by atoms with Crippen molar-refractivity contribution in [2.24, 2.45) is 0 Å². The van der Waals surface area contributed by atoms with E-state index in [-0.39, 0.29) is 11.6 Å². The Hall–Kier alpha value is -2.63. The molecular formula is C23H21Cl2N3O2. The Morgan fingerprint density at radius 2 is 2.03 bits per heavy atom. The summed E-state index contributed by atoms with van der Waals surface area (Å²) in [5.41, 5.74) is 2.38. The number of hydrogen-bond donors (Lipinski definition) is 1. The molecule has 0 bridgehead atoms. The standard InChI is InChI=1S/C23H21Cl2N3O2/c1-14-27-13-21(30-19-4-2-3-17(11-19)15-5-6-15)22(28-14)23(29)26-10-9-16-7-8-18(24)12-20(16)25/h2-4,7-8,11-13,15H,5-6,9-10H2,1H3,(H,26,29). The van der Waals surface area contributed by atoms with Crippen LogP contribution in [0.15, 0.2) is 48.7 Å². The van der Waals surface area contributed by atoms with Crippen LogP contribution in [0, 0.1) is 6.92 Å². The van der Waals surface area contributed by atoms with Crippen LogP contribution in [0.1, 0.15) is 46.2 Å². The minimum atomic E-state index is -0.320. The summed E-state index contributed by atoms with van der Waals surface area (Å²) in [6.07, 6.45) is 4.54. The number of aryl methyl sites for hydroxylation is 1. The number of carbonyl (C=O) groups excluding carboxylic acids is 1. The molecule has 1 aliphatic rings. The number of carbonyl (C=O) groups is 1. The van der Waals surface area contributed by atoms with E-state index >= 15 is 0 Å². The zero-order valence-electron chi connectivity index (χ0n) is 16.5. The topological polar surface area (TPSA) is 64.1 Å². The zero-order chi connectivity index (χ0) is 21.1. The van der Waals surface area contributed by atoms with Crippen LogP contribution >= 0.6 is 23.2 Å². The average Bonchev–Trinajstić information content (AvgIpc) is 3.56. The molecule has 1 aliphatic carbocycles. The first-order valence-corrected chi connectivity index (χ1v) is 10.6. The maximum Gasteiger partial charge on any atom is 0.273 e. The SMILES string of the molecule is Cc1ncc(Oc2cccc(C3CC3)c2)c(C(=O)NCCc2ccc(Cl)cc2Cl)n1. The van der Waals surface area contributed by atoms with Gasteiger partial charge in [0.05, 0.1) is 6.20 Å². The van der Waals surface area contributed by atoms with Crippen molar-refractivity contribution in [1.29, 1.82) is 0 Å². The van der Waals surface area contributed by atoms with Crippen LogP contribution in [0.2, 0.25) is 10.0 Å². The van der Waals surface area contributed by atoms with E-state index in [1.807, 2.05) is 24.3 Å².